The van der Waals surface area contributed by atoms with Gasteiger partial charge in [0.2, 0.25) is 0 Å². The van der Waals surface area contributed by atoms with Gasteiger partial charge in [-0.2, -0.15) is 0 Å². The maximum atomic E-state index is 12.2. The Morgan fingerprint density at radius 3 is 2.06 bits per heavy atom. The molecule has 0 saturated heterocycles. The third-order valence-corrected chi connectivity index (χ3v) is 8.31. The number of amidine groups is 1. The first kappa shape index (κ1) is 34.9. The predicted molar refractivity (Wildman–Crippen MR) is 196 cm³/mol. The minimum atomic E-state index is -0.153. The van der Waals surface area contributed by atoms with Crippen LogP contribution in [0.5, 0.6) is 5.75 Å². The van der Waals surface area contributed by atoms with Gasteiger partial charge in [-0.05, 0) is 66.3 Å². The molecule has 0 bridgehead atoms. The number of carbonyl (C=O) groups excluding carboxylic acids is 1. The number of nitrogens with zero attached hydrogens (tertiary/aromatic N) is 1. The molecule has 0 fully saturated rings. The van der Waals surface area contributed by atoms with Gasteiger partial charge in [-0.3, -0.25) is 15.2 Å². The lowest BCUT2D eigenvalue weighted by molar-refractivity contribution is -0.145. The molecule has 0 spiro atoms. The van der Waals surface area contributed by atoms with Gasteiger partial charge < -0.3 is 25.8 Å². The molecule has 0 atom stereocenters. The molecule has 5 rings (SSSR count). The molecule has 0 radical (unpaired) electrons. The number of aryl methyl sites for hydroxylation is 1. The van der Waals surface area contributed by atoms with Crippen LogP contribution >= 0.6 is 0 Å². The number of ether oxygens (including phenoxy) is 2. The Hall–Kier alpha value is -5.47. The monoisotopic (exact) mass is 655 g/mol. The summed E-state index contributed by atoms with van der Waals surface area (Å²) < 4.78 is 11.8. The zero-order valence-corrected chi connectivity index (χ0v) is 28.1. The highest BCUT2D eigenvalue weighted by molar-refractivity contribution is 5.95. The van der Waals surface area contributed by atoms with E-state index in [0.717, 1.165) is 76.3 Å². The van der Waals surface area contributed by atoms with Gasteiger partial charge in [0.05, 0.1) is 5.69 Å². The SMILES string of the molecule is Cc1ncc(CNc2ccc(-c3ccc(C(=N)N)cc3)cc2)c(CNCCCCCC(=O)OCc2ccccc2)c1OCc1ccccc1. The van der Waals surface area contributed by atoms with Crippen LogP contribution in [0.4, 0.5) is 5.69 Å². The van der Waals surface area contributed by atoms with Gasteiger partial charge in [0.1, 0.15) is 24.8 Å². The molecule has 5 N–H and O–H groups in total. The lowest BCUT2D eigenvalue weighted by Gasteiger charge is -2.19. The van der Waals surface area contributed by atoms with Crippen molar-refractivity contribution < 1.29 is 14.3 Å². The Labute approximate surface area is 289 Å². The zero-order chi connectivity index (χ0) is 34.3. The number of nitrogens with two attached hydrogens (primary N) is 1. The molecule has 0 aliphatic rings. The maximum Gasteiger partial charge on any atom is 0.306 e. The summed E-state index contributed by atoms with van der Waals surface area (Å²) in [6.07, 6.45) is 5.05. The van der Waals surface area contributed by atoms with E-state index >= 15 is 0 Å². The molecular formula is C41H45N5O3. The minimum Gasteiger partial charge on any atom is -0.487 e. The number of rotatable bonds is 18. The van der Waals surface area contributed by atoms with Gasteiger partial charge in [0.15, 0.2) is 0 Å². The number of esters is 1. The Morgan fingerprint density at radius 2 is 1.41 bits per heavy atom. The van der Waals surface area contributed by atoms with Crippen molar-refractivity contribution in [3.63, 3.8) is 0 Å². The van der Waals surface area contributed by atoms with Crippen molar-refractivity contribution >= 4 is 17.5 Å². The number of unbranched alkanes of at least 4 members (excludes halogenated alkanes) is 2. The Morgan fingerprint density at radius 1 is 0.776 bits per heavy atom. The molecule has 0 aliphatic carbocycles. The average molecular weight is 656 g/mol. The Balaban J connectivity index is 1.16. The van der Waals surface area contributed by atoms with Crippen LogP contribution in [-0.4, -0.2) is 23.3 Å². The van der Waals surface area contributed by atoms with E-state index in [2.05, 4.69) is 47.0 Å². The number of nitrogens with one attached hydrogen (secondary N) is 3. The fourth-order valence-electron chi connectivity index (χ4n) is 5.48. The van der Waals surface area contributed by atoms with Crippen LogP contribution in [0.1, 0.15) is 59.2 Å². The van der Waals surface area contributed by atoms with Crippen LogP contribution in [0, 0.1) is 12.3 Å². The van der Waals surface area contributed by atoms with Gasteiger partial charge in [-0.25, -0.2) is 0 Å². The lowest BCUT2D eigenvalue weighted by atomic mass is 10.0. The first-order chi connectivity index (χ1) is 24.0. The van der Waals surface area contributed by atoms with E-state index < -0.39 is 0 Å². The molecule has 1 heterocycles. The lowest BCUT2D eigenvalue weighted by Crippen LogP contribution is -2.19. The number of carbonyl (C=O) groups is 1. The molecule has 8 heteroatoms. The molecule has 0 amide bonds. The highest BCUT2D eigenvalue weighted by atomic mass is 16.5. The van der Waals surface area contributed by atoms with Crippen LogP contribution in [0.2, 0.25) is 0 Å². The standard InChI is InChI=1S/C41H45N5O3/c1-30-40(49-29-32-13-7-3-8-14-32)38(27-44-24-10-4-9-15-39(47)48-28-31-11-5-2-6-12-31)36(25-45-30)26-46-37-22-20-34(21-23-37)33-16-18-35(19-17-33)41(42)43/h2-3,5-8,11-14,16-23,25,44,46H,4,9-10,15,24,26-29H2,1H3,(H3,42,43). The van der Waals surface area contributed by atoms with Gasteiger partial charge in [-0.1, -0.05) is 103 Å². The van der Waals surface area contributed by atoms with E-state index in [1.54, 1.807) is 0 Å². The van der Waals surface area contributed by atoms with Gasteiger partial charge >= 0.3 is 5.97 Å². The van der Waals surface area contributed by atoms with Gasteiger partial charge in [0, 0.05) is 42.5 Å². The summed E-state index contributed by atoms with van der Waals surface area (Å²) in [6, 6.07) is 35.9. The molecule has 1 aromatic heterocycles. The smallest absolute Gasteiger partial charge is 0.306 e. The molecule has 0 unspecified atom stereocenters. The number of nitrogen functional groups attached to an aromatic ring is 1. The third kappa shape index (κ3) is 10.8. The van der Waals surface area contributed by atoms with Crippen LogP contribution in [0.3, 0.4) is 0 Å². The van der Waals surface area contributed by atoms with Crippen molar-refractivity contribution in [2.24, 2.45) is 5.73 Å². The van der Waals surface area contributed by atoms with E-state index in [1.165, 1.54) is 0 Å². The van der Waals surface area contributed by atoms with E-state index in [9.17, 15) is 4.79 Å². The van der Waals surface area contributed by atoms with Crippen molar-refractivity contribution in [3.05, 3.63) is 149 Å². The van der Waals surface area contributed by atoms with E-state index in [-0.39, 0.29) is 11.8 Å². The summed E-state index contributed by atoms with van der Waals surface area (Å²) in [5.74, 6) is 0.717. The van der Waals surface area contributed by atoms with Crippen molar-refractivity contribution in [2.75, 3.05) is 11.9 Å². The largest absolute Gasteiger partial charge is 0.487 e. The second kappa shape index (κ2) is 18.2. The fourth-order valence-corrected chi connectivity index (χ4v) is 5.48. The number of hydrogen-bond acceptors (Lipinski definition) is 7. The van der Waals surface area contributed by atoms with E-state index in [1.807, 2.05) is 85.9 Å². The van der Waals surface area contributed by atoms with Crippen molar-refractivity contribution in [1.82, 2.24) is 10.3 Å². The van der Waals surface area contributed by atoms with Crippen LogP contribution in [0.25, 0.3) is 11.1 Å². The Bertz CT molecular complexity index is 1780. The molecule has 8 nitrogen and oxygen atoms in total. The molecule has 5 aromatic rings. The van der Waals surface area contributed by atoms with Crippen molar-refractivity contribution in [2.45, 2.75) is 58.9 Å². The zero-order valence-electron chi connectivity index (χ0n) is 28.1. The van der Waals surface area contributed by atoms with E-state index in [4.69, 9.17) is 25.6 Å². The normalized spacial score (nSPS) is 10.8. The van der Waals surface area contributed by atoms with Gasteiger partial charge in [-0.15, -0.1) is 0 Å². The topological polar surface area (TPSA) is 122 Å². The highest BCUT2D eigenvalue weighted by Crippen LogP contribution is 2.28. The van der Waals surface area contributed by atoms with Crippen molar-refractivity contribution in [1.29, 1.82) is 5.41 Å². The molecule has 0 aliphatic heterocycles. The second-order valence-corrected chi connectivity index (χ2v) is 12.0. The van der Waals surface area contributed by atoms with Gasteiger partial charge in [0.25, 0.3) is 0 Å². The summed E-state index contributed by atoms with van der Waals surface area (Å²) in [5, 5.41) is 14.8. The van der Waals surface area contributed by atoms with Crippen molar-refractivity contribution in [3.8, 4) is 16.9 Å². The maximum absolute atomic E-state index is 12.2. The molecule has 4 aromatic carbocycles. The van der Waals surface area contributed by atoms with Crippen LogP contribution in [-0.2, 0) is 35.8 Å². The molecular weight excluding hydrogens is 610 g/mol. The Kier molecular flexibility index (Phi) is 12.9. The molecule has 252 valence electrons. The summed E-state index contributed by atoms with van der Waals surface area (Å²) >= 11 is 0. The highest BCUT2D eigenvalue weighted by Gasteiger charge is 2.15. The molecule has 49 heavy (non-hydrogen) atoms. The number of aromatic nitrogens is 1. The number of hydrogen-bond donors (Lipinski definition) is 4. The van der Waals surface area contributed by atoms with Crippen LogP contribution < -0.4 is 21.1 Å². The summed E-state index contributed by atoms with van der Waals surface area (Å²) in [7, 11) is 0. The van der Waals surface area contributed by atoms with Crippen LogP contribution in [0.15, 0.2) is 115 Å². The number of benzene rings is 4. The third-order valence-electron chi connectivity index (χ3n) is 8.31. The quantitative estimate of drug-likeness (QED) is 0.0327. The predicted octanol–water partition coefficient (Wildman–Crippen LogP) is 7.93. The summed E-state index contributed by atoms with van der Waals surface area (Å²) in [6.45, 7) is 4.81. The average Bonchev–Trinajstić information content (AvgIpc) is 3.14. The second-order valence-electron chi connectivity index (χ2n) is 12.0. The van der Waals surface area contributed by atoms with E-state index in [0.29, 0.717) is 38.3 Å². The number of anilines is 1. The summed E-state index contributed by atoms with van der Waals surface area (Å²) in [4.78, 5) is 16.9. The summed E-state index contributed by atoms with van der Waals surface area (Å²) in [5.41, 5.74) is 14.6. The number of pyridine rings is 1. The first-order valence-electron chi connectivity index (χ1n) is 16.8. The fraction of sp³-hybridized carbons (Fsp3) is 0.244. The first-order valence-corrected chi connectivity index (χ1v) is 16.8. The minimum absolute atomic E-state index is 0.0637. The molecule has 0 saturated carbocycles.